The van der Waals surface area contributed by atoms with Crippen LogP contribution in [0.3, 0.4) is 0 Å². The molecular weight excluding hydrogens is 374 g/mol. The molecule has 0 heterocycles. The van der Waals surface area contributed by atoms with Crippen LogP contribution in [-0.4, -0.2) is 45.7 Å². The summed E-state index contributed by atoms with van der Waals surface area (Å²) in [5, 5.41) is 0.278. The number of ether oxygens (including phenoxy) is 3. The topological polar surface area (TPSA) is 82.1 Å². The summed E-state index contributed by atoms with van der Waals surface area (Å²) >= 11 is 6.00. The van der Waals surface area contributed by atoms with Crippen molar-refractivity contribution in [3.63, 3.8) is 0 Å². The van der Waals surface area contributed by atoms with Crippen LogP contribution in [0.15, 0.2) is 42.5 Å². The third-order valence-electron chi connectivity index (χ3n) is 3.74. The first kappa shape index (κ1) is 20.3. The summed E-state index contributed by atoms with van der Waals surface area (Å²) in [7, 11) is 4.16. The van der Waals surface area contributed by atoms with Crippen molar-refractivity contribution in [2.45, 2.75) is 0 Å². The van der Waals surface area contributed by atoms with Crippen LogP contribution in [-0.2, 0) is 9.47 Å². The number of carbonyl (C=O) groups is 3. The molecule has 0 aliphatic carbocycles. The van der Waals surface area contributed by atoms with Gasteiger partial charge in [-0.1, -0.05) is 23.7 Å². The normalized spacial score (nSPS) is 10.1. The van der Waals surface area contributed by atoms with Crippen molar-refractivity contribution in [2.75, 3.05) is 32.8 Å². The second kappa shape index (κ2) is 9.05. The molecule has 0 N–H and O–H groups in total. The average molecular weight is 392 g/mol. The molecule has 0 aliphatic rings. The number of halogens is 1. The van der Waals surface area contributed by atoms with Crippen molar-refractivity contribution in [3.8, 4) is 5.75 Å². The molecule has 27 heavy (non-hydrogen) atoms. The molecule has 0 aromatic heterocycles. The van der Waals surface area contributed by atoms with E-state index in [1.807, 2.05) is 0 Å². The van der Waals surface area contributed by atoms with Crippen LogP contribution in [0.4, 0.5) is 10.5 Å². The smallest absolute Gasteiger partial charge is 0.413 e. The summed E-state index contributed by atoms with van der Waals surface area (Å²) in [5.74, 6) is -0.731. The highest BCUT2D eigenvalue weighted by Gasteiger charge is 2.20. The van der Waals surface area contributed by atoms with Crippen LogP contribution in [0.2, 0.25) is 5.02 Å². The summed E-state index contributed by atoms with van der Waals surface area (Å²) in [5.41, 5.74) is 0.716. The van der Waals surface area contributed by atoms with Crippen LogP contribution in [0, 0.1) is 0 Å². The number of para-hydroxylation sites is 1. The molecule has 7 nitrogen and oxygen atoms in total. The van der Waals surface area contributed by atoms with Gasteiger partial charge in [0.05, 0.1) is 30.5 Å². The Hall–Kier alpha value is -3.06. The van der Waals surface area contributed by atoms with Gasteiger partial charge < -0.3 is 14.2 Å². The number of nitrogens with zero attached hydrogens (tertiary/aromatic N) is 1. The lowest BCUT2D eigenvalue weighted by Gasteiger charge is -2.18. The first-order chi connectivity index (χ1) is 12.9. The number of hydrogen-bond acceptors (Lipinski definition) is 6. The van der Waals surface area contributed by atoms with E-state index in [2.05, 4.69) is 4.74 Å². The number of methoxy groups -OCH3 is 2. The molecule has 142 valence electrons. The maximum Gasteiger partial charge on any atom is 0.413 e. The molecule has 2 rings (SSSR count). The van der Waals surface area contributed by atoms with Crippen molar-refractivity contribution < 1.29 is 28.6 Å². The Morgan fingerprint density at radius 2 is 1.78 bits per heavy atom. The number of hydrogen-bond donors (Lipinski definition) is 0. The number of carbonyl (C=O) groups excluding carboxylic acids is 3. The van der Waals surface area contributed by atoms with Crippen LogP contribution in [0.5, 0.6) is 5.75 Å². The van der Waals surface area contributed by atoms with E-state index in [9.17, 15) is 14.4 Å². The largest absolute Gasteiger partial charge is 0.495 e. The van der Waals surface area contributed by atoms with Gasteiger partial charge in [0.2, 0.25) is 0 Å². The van der Waals surface area contributed by atoms with Crippen LogP contribution in [0.25, 0.3) is 0 Å². The Kier molecular flexibility index (Phi) is 6.79. The molecule has 2 aromatic carbocycles. The first-order valence-corrected chi connectivity index (χ1v) is 8.21. The minimum Gasteiger partial charge on any atom is -0.495 e. The molecule has 2 aromatic rings. The summed E-state index contributed by atoms with van der Waals surface area (Å²) < 4.78 is 14.8. The Labute approximate surface area is 161 Å². The molecule has 0 bridgehead atoms. The third kappa shape index (κ3) is 4.77. The van der Waals surface area contributed by atoms with Gasteiger partial charge in [-0.3, -0.25) is 9.69 Å². The van der Waals surface area contributed by atoms with Gasteiger partial charge in [0.1, 0.15) is 5.75 Å². The average Bonchev–Trinajstić information content (AvgIpc) is 2.70. The van der Waals surface area contributed by atoms with Gasteiger partial charge in [-0.2, -0.15) is 0 Å². The number of esters is 1. The quantitative estimate of drug-likeness (QED) is 0.552. The molecular formula is C19H18ClNO6. The minimum absolute atomic E-state index is 0.131. The zero-order chi connectivity index (χ0) is 20.0. The fourth-order valence-electron chi connectivity index (χ4n) is 2.31. The van der Waals surface area contributed by atoms with Gasteiger partial charge >= 0.3 is 12.1 Å². The molecule has 0 fully saturated rings. The highest BCUT2D eigenvalue weighted by molar-refractivity contribution is 6.32. The van der Waals surface area contributed by atoms with E-state index in [1.54, 1.807) is 24.3 Å². The molecule has 0 spiro atoms. The van der Waals surface area contributed by atoms with E-state index in [0.29, 0.717) is 11.4 Å². The summed E-state index contributed by atoms with van der Waals surface area (Å²) in [4.78, 5) is 37.5. The number of anilines is 1. The maximum atomic E-state index is 12.4. The Bertz CT molecular complexity index is 867. The molecule has 0 saturated heterocycles. The number of benzene rings is 2. The predicted octanol–water partition coefficient (Wildman–Crippen LogP) is 3.59. The van der Waals surface area contributed by atoms with Crippen LogP contribution >= 0.6 is 11.6 Å². The zero-order valence-electron chi connectivity index (χ0n) is 15.0. The van der Waals surface area contributed by atoms with E-state index in [1.165, 1.54) is 44.4 Å². The highest BCUT2D eigenvalue weighted by atomic mass is 35.5. The van der Waals surface area contributed by atoms with E-state index in [-0.39, 0.29) is 16.1 Å². The standard InChI is InChI=1S/C19H18ClNO6/c1-21(19(24)26-3)15-7-5-4-6-13(15)18(23)27-11-16(22)12-8-9-17(25-2)14(20)10-12/h4-10H,11H2,1-3H3. The second-order valence-electron chi connectivity index (χ2n) is 5.39. The Morgan fingerprint density at radius 1 is 1.07 bits per heavy atom. The zero-order valence-corrected chi connectivity index (χ0v) is 15.8. The Morgan fingerprint density at radius 3 is 2.41 bits per heavy atom. The van der Waals surface area contributed by atoms with Gasteiger partial charge in [0, 0.05) is 12.6 Å². The summed E-state index contributed by atoms with van der Waals surface area (Å²) in [6, 6.07) is 10.9. The fourth-order valence-corrected chi connectivity index (χ4v) is 2.56. The third-order valence-corrected chi connectivity index (χ3v) is 4.04. The van der Waals surface area contributed by atoms with Gasteiger partial charge in [-0.05, 0) is 30.3 Å². The minimum atomic E-state index is -0.741. The molecule has 8 heteroatoms. The number of rotatable bonds is 6. The second-order valence-corrected chi connectivity index (χ2v) is 5.80. The van der Waals surface area contributed by atoms with Gasteiger partial charge in [0.25, 0.3) is 0 Å². The van der Waals surface area contributed by atoms with Gasteiger partial charge in [-0.25, -0.2) is 9.59 Å². The van der Waals surface area contributed by atoms with Crippen LogP contribution in [0.1, 0.15) is 20.7 Å². The monoisotopic (exact) mass is 391 g/mol. The molecule has 0 aliphatic heterocycles. The lowest BCUT2D eigenvalue weighted by Crippen LogP contribution is -2.28. The lowest BCUT2D eigenvalue weighted by molar-refractivity contribution is 0.0475. The molecule has 0 radical (unpaired) electrons. The molecule has 0 atom stereocenters. The van der Waals surface area contributed by atoms with Crippen molar-refractivity contribution in [1.82, 2.24) is 0 Å². The van der Waals surface area contributed by atoms with Crippen molar-refractivity contribution in [3.05, 3.63) is 58.6 Å². The van der Waals surface area contributed by atoms with Gasteiger partial charge in [-0.15, -0.1) is 0 Å². The van der Waals surface area contributed by atoms with Crippen molar-refractivity contribution in [2.24, 2.45) is 0 Å². The first-order valence-electron chi connectivity index (χ1n) is 7.83. The number of amides is 1. The van der Waals surface area contributed by atoms with E-state index in [4.69, 9.17) is 21.1 Å². The molecule has 0 saturated carbocycles. The number of ketones is 1. The molecule has 0 unspecified atom stereocenters. The number of Topliss-reactive ketones (excluding diaryl/α,β-unsaturated/α-hetero) is 1. The Balaban J connectivity index is 2.11. The summed E-state index contributed by atoms with van der Waals surface area (Å²) in [6.07, 6.45) is -0.640. The van der Waals surface area contributed by atoms with Crippen LogP contribution < -0.4 is 9.64 Å². The van der Waals surface area contributed by atoms with E-state index < -0.39 is 24.5 Å². The molecule has 1 amide bonds. The maximum absolute atomic E-state index is 12.4. The van der Waals surface area contributed by atoms with E-state index >= 15 is 0 Å². The van der Waals surface area contributed by atoms with E-state index in [0.717, 1.165) is 0 Å². The van der Waals surface area contributed by atoms with Gasteiger partial charge in [0.15, 0.2) is 12.4 Å². The fraction of sp³-hybridized carbons (Fsp3) is 0.211. The van der Waals surface area contributed by atoms with Crippen molar-refractivity contribution in [1.29, 1.82) is 0 Å². The lowest BCUT2D eigenvalue weighted by atomic mass is 10.1. The summed E-state index contributed by atoms with van der Waals surface area (Å²) in [6.45, 7) is -0.474. The highest BCUT2D eigenvalue weighted by Crippen LogP contribution is 2.25. The predicted molar refractivity (Wildman–Crippen MR) is 99.9 cm³/mol. The van der Waals surface area contributed by atoms with Crippen molar-refractivity contribution >= 4 is 35.1 Å². The SMILES string of the molecule is COC(=O)N(C)c1ccccc1C(=O)OCC(=O)c1ccc(OC)c(Cl)c1.